The third kappa shape index (κ3) is 4.76. The van der Waals surface area contributed by atoms with Crippen LogP contribution >= 0.6 is 0 Å². The second-order valence-electron chi connectivity index (χ2n) is 3.69. The van der Waals surface area contributed by atoms with E-state index in [-0.39, 0.29) is 18.1 Å². The summed E-state index contributed by atoms with van der Waals surface area (Å²) in [6.45, 7) is 1.77. The molecule has 6 heteroatoms. The number of primary amides is 1. The molecule has 0 radical (unpaired) electrons. The van der Waals surface area contributed by atoms with Gasteiger partial charge in [0.15, 0.2) is 0 Å². The second kappa shape index (κ2) is 5.07. The Hall–Kier alpha value is -1.72. The van der Waals surface area contributed by atoms with Crippen LogP contribution in [0.3, 0.4) is 0 Å². The van der Waals surface area contributed by atoms with Crippen LogP contribution in [0.2, 0.25) is 0 Å². The zero-order chi connectivity index (χ0) is 13.1. The Morgan fingerprint density at radius 3 is 2.29 bits per heavy atom. The van der Waals surface area contributed by atoms with Crippen molar-refractivity contribution in [2.45, 2.75) is 25.6 Å². The lowest BCUT2D eigenvalue weighted by Crippen LogP contribution is -2.17. The number of ether oxygens (including phenoxy) is 1. The Morgan fingerprint density at radius 2 is 1.88 bits per heavy atom. The highest BCUT2D eigenvalue weighted by Gasteiger charge is 2.30. The maximum atomic E-state index is 11.9. The number of benzene rings is 1. The van der Waals surface area contributed by atoms with Crippen LogP contribution < -0.4 is 10.5 Å². The summed E-state index contributed by atoms with van der Waals surface area (Å²) >= 11 is 0. The zero-order valence-electron chi connectivity index (χ0n) is 9.12. The van der Waals surface area contributed by atoms with Crippen molar-refractivity contribution < 1.29 is 22.7 Å². The van der Waals surface area contributed by atoms with Crippen molar-refractivity contribution in [2.24, 2.45) is 5.73 Å². The fourth-order valence-electron chi connectivity index (χ4n) is 1.42. The van der Waals surface area contributed by atoms with Crippen LogP contribution in [0.15, 0.2) is 24.3 Å². The van der Waals surface area contributed by atoms with Crippen molar-refractivity contribution in [2.75, 3.05) is 0 Å². The van der Waals surface area contributed by atoms with E-state index in [0.29, 0.717) is 0 Å². The third-order valence-electron chi connectivity index (χ3n) is 2.19. The first kappa shape index (κ1) is 13.3. The van der Waals surface area contributed by atoms with E-state index in [4.69, 9.17) is 5.73 Å². The van der Waals surface area contributed by atoms with Crippen LogP contribution in [0, 0.1) is 0 Å². The van der Waals surface area contributed by atoms with Gasteiger partial charge in [-0.2, -0.15) is 0 Å². The van der Waals surface area contributed by atoms with Gasteiger partial charge in [-0.05, 0) is 23.6 Å². The first-order valence-electron chi connectivity index (χ1n) is 4.92. The van der Waals surface area contributed by atoms with Gasteiger partial charge in [0.2, 0.25) is 5.91 Å². The second-order valence-corrected chi connectivity index (χ2v) is 3.69. The van der Waals surface area contributed by atoms with Crippen molar-refractivity contribution >= 4 is 5.91 Å². The summed E-state index contributed by atoms with van der Waals surface area (Å²) in [4.78, 5) is 10.7. The van der Waals surface area contributed by atoms with E-state index in [1.807, 2.05) is 0 Å². The molecule has 0 bridgehead atoms. The average Bonchev–Trinajstić information content (AvgIpc) is 2.15. The lowest BCUT2D eigenvalue weighted by atomic mass is 9.97. The number of amides is 1. The van der Waals surface area contributed by atoms with Crippen LogP contribution in [-0.4, -0.2) is 12.3 Å². The molecule has 1 aromatic carbocycles. The molecule has 2 N–H and O–H groups in total. The highest BCUT2D eigenvalue weighted by Crippen LogP contribution is 2.25. The molecule has 1 amide bonds. The summed E-state index contributed by atoms with van der Waals surface area (Å²) in [7, 11) is 0. The van der Waals surface area contributed by atoms with E-state index >= 15 is 0 Å². The molecule has 1 unspecified atom stereocenters. The molecule has 0 spiro atoms. The van der Waals surface area contributed by atoms with Crippen LogP contribution in [0.25, 0.3) is 0 Å². The monoisotopic (exact) mass is 247 g/mol. The minimum absolute atomic E-state index is 0.132. The van der Waals surface area contributed by atoms with Gasteiger partial charge in [0.1, 0.15) is 5.75 Å². The average molecular weight is 247 g/mol. The van der Waals surface area contributed by atoms with E-state index in [2.05, 4.69) is 4.74 Å². The number of carbonyl (C=O) groups excluding carboxylic acids is 1. The SMILES string of the molecule is CC(CC(N)=O)c1ccc(OC(F)(F)F)cc1. The molecule has 0 aliphatic carbocycles. The van der Waals surface area contributed by atoms with Crippen molar-refractivity contribution in [1.29, 1.82) is 0 Å². The molecular formula is C11H12F3NO2. The predicted octanol–water partition coefficient (Wildman–Crippen LogP) is 2.56. The van der Waals surface area contributed by atoms with Crippen molar-refractivity contribution in [3.8, 4) is 5.75 Å². The summed E-state index contributed by atoms with van der Waals surface area (Å²) in [6, 6.07) is 5.38. The molecule has 1 rings (SSSR count). The summed E-state index contributed by atoms with van der Waals surface area (Å²) in [6.07, 6.45) is -4.54. The first-order chi connectivity index (χ1) is 7.78. The van der Waals surface area contributed by atoms with Crippen molar-refractivity contribution in [3.63, 3.8) is 0 Å². The van der Waals surface area contributed by atoms with Gasteiger partial charge in [-0.3, -0.25) is 4.79 Å². The van der Waals surface area contributed by atoms with E-state index in [0.717, 1.165) is 5.56 Å². The largest absolute Gasteiger partial charge is 0.573 e. The highest BCUT2D eigenvalue weighted by molar-refractivity contribution is 5.74. The molecule has 1 atom stereocenters. The molecule has 1 aromatic rings. The Kier molecular flexibility index (Phi) is 3.98. The van der Waals surface area contributed by atoms with Crippen LogP contribution in [0.4, 0.5) is 13.2 Å². The fraction of sp³-hybridized carbons (Fsp3) is 0.364. The number of hydrogen-bond acceptors (Lipinski definition) is 2. The number of nitrogens with two attached hydrogens (primary N) is 1. The molecule has 0 saturated heterocycles. The first-order valence-corrected chi connectivity index (χ1v) is 4.92. The fourth-order valence-corrected chi connectivity index (χ4v) is 1.42. The van der Waals surface area contributed by atoms with Gasteiger partial charge in [-0.15, -0.1) is 13.2 Å². The van der Waals surface area contributed by atoms with Gasteiger partial charge in [0.25, 0.3) is 0 Å². The summed E-state index contributed by atoms with van der Waals surface area (Å²) < 4.78 is 39.4. The molecule has 0 saturated carbocycles. The maximum Gasteiger partial charge on any atom is 0.573 e. The van der Waals surface area contributed by atoms with Gasteiger partial charge in [0, 0.05) is 6.42 Å². The predicted molar refractivity (Wildman–Crippen MR) is 55.4 cm³/mol. The number of alkyl halides is 3. The lowest BCUT2D eigenvalue weighted by molar-refractivity contribution is -0.274. The molecular weight excluding hydrogens is 235 g/mol. The molecule has 0 aromatic heterocycles. The molecule has 0 heterocycles. The summed E-state index contributed by atoms with van der Waals surface area (Å²) in [5.74, 6) is -0.868. The number of halogens is 3. The Labute approximate surface area is 96.4 Å². The quantitative estimate of drug-likeness (QED) is 0.888. The maximum absolute atomic E-state index is 11.9. The molecule has 17 heavy (non-hydrogen) atoms. The zero-order valence-corrected chi connectivity index (χ0v) is 9.12. The van der Waals surface area contributed by atoms with Crippen LogP contribution in [0.5, 0.6) is 5.75 Å². The Bertz CT molecular complexity index is 387. The number of hydrogen-bond donors (Lipinski definition) is 1. The molecule has 0 aliphatic heterocycles. The van der Waals surface area contributed by atoms with Crippen LogP contribution in [-0.2, 0) is 4.79 Å². The number of rotatable bonds is 4. The Balaban J connectivity index is 2.71. The van der Waals surface area contributed by atoms with Gasteiger partial charge in [-0.25, -0.2) is 0 Å². The lowest BCUT2D eigenvalue weighted by Gasteiger charge is -2.12. The smallest absolute Gasteiger partial charge is 0.406 e. The summed E-state index contributed by atoms with van der Waals surface area (Å²) in [5, 5.41) is 0. The van der Waals surface area contributed by atoms with Crippen molar-refractivity contribution in [1.82, 2.24) is 0 Å². The van der Waals surface area contributed by atoms with Crippen LogP contribution in [0.1, 0.15) is 24.8 Å². The molecule has 94 valence electrons. The van der Waals surface area contributed by atoms with E-state index in [9.17, 15) is 18.0 Å². The Morgan fingerprint density at radius 1 is 1.35 bits per heavy atom. The van der Waals surface area contributed by atoms with Gasteiger partial charge < -0.3 is 10.5 Å². The van der Waals surface area contributed by atoms with E-state index in [1.54, 1.807) is 6.92 Å². The molecule has 0 fully saturated rings. The topological polar surface area (TPSA) is 52.3 Å². The molecule has 0 aliphatic rings. The van der Waals surface area contributed by atoms with E-state index < -0.39 is 12.3 Å². The molecule has 3 nitrogen and oxygen atoms in total. The van der Waals surface area contributed by atoms with Gasteiger partial charge >= 0.3 is 6.36 Å². The minimum Gasteiger partial charge on any atom is -0.406 e. The minimum atomic E-state index is -4.69. The normalized spacial score (nSPS) is 13.2. The number of carbonyl (C=O) groups is 1. The summed E-state index contributed by atoms with van der Waals surface area (Å²) in [5.41, 5.74) is 5.77. The van der Waals surface area contributed by atoms with Crippen molar-refractivity contribution in [3.05, 3.63) is 29.8 Å². The standard InChI is InChI=1S/C11H12F3NO2/c1-7(6-10(15)16)8-2-4-9(5-3-8)17-11(12,13)14/h2-5,7H,6H2,1H3,(H2,15,16). The van der Waals surface area contributed by atoms with E-state index in [1.165, 1.54) is 24.3 Å². The van der Waals surface area contributed by atoms with Gasteiger partial charge in [-0.1, -0.05) is 19.1 Å². The highest BCUT2D eigenvalue weighted by atomic mass is 19.4. The van der Waals surface area contributed by atoms with Gasteiger partial charge in [0.05, 0.1) is 0 Å². The third-order valence-corrected chi connectivity index (χ3v) is 2.19.